The number of hydrogen-bond donors (Lipinski definition) is 1. The summed E-state index contributed by atoms with van der Waals surface area (Å²) in [6.45, 7) is 2.68. The Kier molecular flexibility index (Phi) is 7.66. The molecule has 0 saturated carbocycles. The molecule has 5 nitrogen and oxygen atoms in total. The van der Waals surface area contributed by atoms with Crippen molar-refractivity contribution in [3.63, 3.8) is 0 Å². The smallest absolute Gasteiger partial charge is 0.220 e. The lowest BCUT2D eigenvalue weighted by atomic mass is 10.2. The molecule has 0 aliphatic carbocycles. The van der Waals surface area contributed by atoms with Gasteiger partial charge >= 0.3 is 0 Å². The van der Waals surface area contributed by atoms with Crippen LogP contribution >= 0.6 is 0 Å². The molecule has 0 heterocycles. The normalized spacial score (nSPS) is 11.1. The van der Waals surface area contributed by atoms with E-state index in [0.717, 1.165) is 17.7 Å². The summed E-state index contributed by atoms with van der Waals surface area (Å²) < 4.78 is 29.8. The maximum absolute atomic E-state index is 12.1. The second kappa shape index (κ2) is 9.97. The predicted molar refractivity (Wildman–Crippen MR) is 102 cm³/mol. The lowest BCUT2D eigenvalue weighted by Gasteiger charge is -2.08. The third-order valence-electron chi connectivity index (χ3n) is 3.85. The Bertz CT molecular complexity index is 804. The topological polar surface area (TPSA) is 72.5 Å². The zero-order chi connectivity index (χ0) is 18.8. The Morgan fingerprint density at radius 2 is 1.81 bits per heavy atom. The summed E-state index contributed by atoms with van der Waals surface area (Å²) in [7, 11) is -3.35. The fraction of sp³-hybridized carbons (Fsp3) is 0.350. The summed E-state index contributed by atoms with van der Waals surface area (Å²) in [5, 5.41) is 2.67. The van der Waals surface area contributed by atoms with E-state index in [1.807, 2.05) is 31.2 Å². The van der Waals surface area contributed by atoms with E-state index in [2.05, 4.69) is 5.32 Å². The molecule has 140 valence electrons. The number of carbonyl (C=O) groups excluding carboxylic acids is 1. The Morgan fingerprint density at radius 1 is 1.04 bits per heavy atom. The highest BCUT2D eigenvalue weighted by atomic mass is 32.2. The van der Waals surface area contributed by atoms with Gasteiger partial charge in [-0.2, -0.15) is 0 Å². The number of carbonyl (C=O) groups is 1. The molecule has 0 spiro atoms. The second-order valence-electron chi connectivity index (χ2n) is 6.10. The largest absolute Gasteiger partial charge is 0.494 e. The van der Waals surface area contributed by atoms with Crippen LogP contribution in [0.15, 0.2) is 59.5 Å². The molecule has 0 aliphatic rings. The molecule has 0 fully saturated rings. The Balaban J connectivity index is 1.59. The van der Waals surface area contributed by atoms with E-state index in [4.69, 9.17) is 4.74 Å². The first-order valence-corrected chi connectivity index (χ1v) is 10.4. The molecule has 1 N–H and O–H groups in total. The molecule has 2 aromatic carbocycles. The third-order valence-corrected chi connectivity index (χ3v) is 5.58. The van der Waals surface area contributed by atoms with Crippen LogP contribution in [-0.2, 0) is 14.6 Å². The summed E-state index contributed by atoms with van der Waals surface area (Å²) in [4.78, 5) is 12.1. The van der Waals surface area contributed by atoms with Crippen LogP contribution in [0.5, 0.6) is 5.75 Å². The molecule has 0 bridgehead atoms. The Labute approximate surface area is 155 Å². The molecule has 0 aliphatic heterocycles. The van der Waals surface area contributed by atoms with Gasteiger partial charge < -0.3 is 10.1 Å². The molecule has 1 amide bonds. The van der Waals surface area contributed by atoms with E-state index in [1.165, 1.54) is 0 Å². The van der Waals surface area contributed by atoms with Crippen molar-refractivity contribution in [1.29, 1.82) is 0 Å². The van der Waals surface area contributed by atoms with Crippen LogP contribution in [0.1, 0.15) is 24.8 Å². The van der Waals surface area contributed by atoms with Gasteiger partial charge in [-0.05, 0) is 49.6 Å². The number of hydrogen-bond acceptors (Lipinski definition) is 4. The Hall–Kier alpha value is -2.34. The third kappa shape index (κ3) is 6.88. The van der Waals surface area contributed by atoms with Crippen molar-refractivity contribution >= 4 is 15.7 Å². The molecule has 6 heteroatoms. The van der Waals surface area contributed by atoms with E-state index in [9.17, 15) is 13.2 Å². The van der Waals surface area contributed by atoms with Crippen LogP contribution in [0, 0.1) is 6.92 Å². The van der Waals surface area contributed by atoms with Gasteiger partial charge in [0.05, 0.1) is 17.3 Å². The summed E-state index contributed by atoms with van der Waals surface area (Å²) in [5.41, 5.74) is 1.15. The fourth-order valence-electron chi connectivity index (χ4n) is 2.44. The molecule has 0 saturated heterocycles. The van der Waals surface area contributed by atoms with Crippen LogP contribution in [0.2, 0.25) is 0 Å². The first-order valence-electron chi connectivity index (χ1n) is 8.71. The second-order valence-corrected chi connectivity index (χ2v) is 8.21. The summed E-state index contributed by atoms with van der Waals surface area (Å²) in [6.07, 6.45) is 1.83. The van der Waals surface area contributed by atoms with Gasteiger partial charge in [0.2, 0.25) is 5.91 Å². The highest BCUT2D eigenvalue weighted by molar-refractivity contribution is 7.91. The molecule has 2 rings (SSSR count). The van der Waals surface area contributed by atoms with Crippen LogP contribution in [0.25, 0.3) is 0 Å². The number of nitrogens with one attached hydrogen (secondary N) is 1. The minimum absolute atomic E-state index is 0.0980. The lowest BCUT2D eigenvalue weighted by molar-refractivity contribution is -0.121. The van der Waals surface area contributed by atoms with Crippen LogP contribution < -0.4 is 10.1 Å². The highest BCUT2D eigenvalue weighted by Gasteiger charge is 2.13. The molecular formula is C20H25NO4S. The van der Waals surface area contributed by atoms with Crippen molar-refractivity contribution in [3.05, 3.63) is 60.2 Å². The summed E-state index contributed by atoms with van der Waals surface area (Å²) in [5.74, 6) is 0.601. The van der Waals surface area contributed by atoms with Crippen molar-refractivity contribution < 1.29 is 17.9 Å². The van der Waals surface area contributed by atoms with Crippen molar-refractivity contribution in [2.45, 2.75) is 31.1 Å². The minimum atomic E-state index is -3.35. The van der Waals surface area contributed by atoms with Gasteiger partial charge in [0.15, 0.2) is 9.84 Å². The molecule has 0 unspecified atom stereocenters. The van der Waals surface area contributed by atoms with E-state index in [-0.39, 0.29) is 23.1 Å². The number of aryl methyl sites for hydroxylation is 1. The molecule has 0 radical (unpaired) electrons. The van der Waals surface area contributed by atoms with Crippen LogP contribution in [-0.4, -0.2) is 33.2 Å². The zero-order valence-corrected chi connectivity index (χ0v) is 15.8. The first kappa shape index (κ1) is 20.0. The van der Waals surface area contributed by atoms with Gasteiger partial charge in [0.1, 0.15) is 5.75 Å². The molecule has 0 aromatic heterocycles. The minimum Gasteiger partial charge on any atom is -0.494 e. The average molecular weight is 375 g/mol. The van der Waals surface area contributed by atoms with Crippen molar-refractivity contribution in [1.82, 2.24) is 5.32 Å². The number of ether oxygens (including phenoxy) is 1. The maximum Gasteiger partial charge on any atom is 0.220 e. The van der Waals surface area contributed by atoms with Gasteiger partial charge in [0.25, 0.3) is 0 Å². The SMILES string of the molecule is Cc1cccc(OCCCCC(=O)NCCS(=O)(=O)c2ccccc2)c1. The van der Waals surface area contributed by atoms with Gasteiger partial charge in [-0.25, -0.2) is 8.42 Å². The summed E-state index contributed by atoms with van der Waals surface area (Å²) >= 11 is 0. The zero-order valence-electron chi connectivity index (χ0n) is 15.0. The van der Waals surface area contributed by atoms with Crippen molar-refractivity contribution in [2.24, 2.45) is 0 Å². The van der Waals surface area contributed by atoms with E-state index in [0.29, 0.717) is 19.4 Å². The molecular weight excluding hydrogens is 350 g/mol. The number of rotatable bonds is 10. The van der Waals surface area contributed by atoms with Crippen LogP contribution in [0.3, 0.4) is 0 Å². The van der Waals surface area contributed by atoms with Crippen LogP contribution in [0.4, 0.5) is 0 Å². The number of amides is 1. The highest BCUT2D eigenvalue weighted by Crippen LogP contribution is 2.13. The standard InChI is InChI=1S/C20H25NO4S/c1-17-8-7-9-18(16-17)25-14-6-5-12-20(22)21-13-15-26(23,24)19-10-3-2-4-11-19/h2-4,7-11,16H,5-6,12-15H2,1H3,(H,21,22). The predicted octanol–water partition coefficient (Wildman–Crippen LogP) is 3.13. The van der Waals surface area contributed by atoms with E-state index in [1.54, 1.807) is 30.3 Å². The molecule has 2 aromatic rings. The molecule has 26 heavy (non-hydrogen) atoms. The van der Waals surface area contributed by atoms with Gasteiger partial charge in [0, 0.05) is 13.0 Å². The lowest BCUT2D eigenvalue weighted by Crippen LogP contribution is -2.29. The fourth-order valence-corrected chi connectivity index (χ4v) is 3.62. The monoisotopic (exact) mass is 375 g/mol. The molecule has 0 atom stereocenters. The van der Waals surface area contributed by atoms with Gasteiger partial charge in [-0.15, -0.1) is 0 Å². The van der Waals surface area contributed by atoms with Gasteiger partial charge in [-0.3, -0.25) is 4.79 Å². The summed E-state index contributed by atoms with van der Waals surface area (Å²) in [6, 6.07) is 16.1. The quantitative estimate of drug-likeness (QED) is 0.648. The van der Waals surface area contributed by atoms with Crippen molar-refractivity contribution in [3.8, 4) is 5.75 Å². The average Bonchev–Trinajstić information content (AvgIpc) is 2.62. The van der Waals surface area contributed by atoms with E-state index < -0.39 is 9.84 Å². The van der Waals surface area contributed by atoms with Gasteiger partial charge in [-0.1, -0.05) is 30.3 Å². The van der Waals surface area contributed by atoms with E-state index >= 15 is 0 Å². The van der Waals surface area contributed by atoms with Crippen molar-refractivity contribution in [2.75, 3.05) is 18.9 Å². The number of sulfone groups is 1. The maximum atomic E-state index is 12.1. The number of benzene rings is 2. The number of unbranched alkanes of at least 4 members (excludes halogenated alkanes) is 1. The first-order chi connectivity index (χ1) is 12.5. The Morgan fingerprint density at radius 3 is 2.54 bits per heavy atom.